The zero-order valence-corrected chi connectivity index (χ0v) is 18.8. The van der Waals surface area contributed by atoms with E-state index < -0.39 is 16.1 Å². The summed E-state index contributed by atoms with van der Waals surface area (Å²) in [7, 11) is -4.04. The smallest absolute Gasteiger partial charge is 0.368 e. The van der Waals surface area contributed by atoms with E-state index in [0.717, 1.165) is 5.56 Å². The van der Waals surface area contributed by atoms with E-state index in [1.165, 1.54) is 30.3 Å². The van der Waals surface area contributed by atoms with Gasteiger partial charge in [-0.05, 0) is 64.0 Å². The van der Waals surface area contributed by atoms with Crippen molar-refractivity contribution in [3.05, 3.63) is 99.0 Å². The molecule has 0 amide bonds. The molecule has 0 saturated carbocycles. The minimum atomic E-state index is -4.04. The van der Waals surface area contributed by atoms with Gasteiger partial charge in [0.25, 0.3) is 0 Å². The van der Waals surface area contributed by atoms with E-state index in [1.807, 2.05) is 30.3 Å². The van der Waals surface area contributed by atoms with E-state index in [1.54, 1.807) is 18.2 Å². The number of hydrogen-bond acceptors (Lipinski definition) is 6. The van der Waals surface area contributed by atoms with Crippen LogP contribution in [0.2, 0.25) is 5.02 Å². The van der Waals surface area contributed by atoms with E-state index in [9.17, 15) is 13.2 Å². The third-order valence-electron chi connectivity index (χ3n) is 4.31. The van der Waals surface area contributed by atoms with E-state index in [2.05, 4.69) is 21.1 Å². The van der Waals surface area contributed by atoms with Crippen LogP contribution in [0.1, 0.15) is 11.1 Å². The standard InChI is InChI=1S/C22H13BrClNO5S/c23-19-13-14(12-18-21(25-29-22(18)26)15-4-2-1-3-5-15)6-11-20(19)30-31(27,28)17-9-7-16(24)8-10-17/h1-13H/b18-12-. The normalized spacial score (nSPS) is 15.0. The fraction of sp³-hybridized carbons (Fsp3) is 0. The van der Waals surface area contributed by atoms with Crippen molar-refractivity contribution in [3.8, 4) is 5.75 Å². The molecule has 3 aromatic rings. The molecule has 0 fully saturated rings. The van der Waals surface area contributed by atoms with Gasteiger partial charge in [0.1, 0.15) is 10.6 Å². The summed E-state index contributed by atoms with van der Waals surface area (Å²) in [4.78, 5) is 17.0. The average molecular weight is 519 g/mol. The van der Waals surface area contributed by atoms with Gasteiger partial charge in [0.05, 0.1) is 10.0 Å². The van der Waals surface area contributed by atoms with E-state index in [4.69, 9.17) is 20.6 Å². The number of carbonyl (C=O) groups excluding carboxylic acids is 1. The van der Waals surface area contributed by atoms with Gasteiger partial charge < -0.3 is 9.02 Å². The minimum Gasteiger partial charge on any atom is -0.378 e. The second-order valence-corrected chi connectivity index (χ2v) is 9.26. The number of hydrogen-bond donors (Lipinski definition) is 0. The Morgan fingerprint density at radius 3 is 2.39 bits per heavy atom. The molecule has 1 aliphatic heterocycles. The van der Waals surface area contributed by atoms with Crippen molar-refractivity contribution in [1.82, 2.24) is 0 Å². The molecule has 4 rings (SSSR count). The Labute approximate surface area is 192 Å². The van der Waals surface area contributed by atoms with Crippen LogP contribution in [0.3, 0.4) is 0 Å². The van der Waals surface area contributed by atoms with Crippen molar-refractivity contribution in [2.75, 3.05) is 0 Å². The van der Waals surface area contributed by atoms with Crippen LogP contribution in [-0.2, 0) is 19.8 Å². The first kappa shape index (κ1) is 21.3. The third kappa shape index (κ3) is 4.71. The summed E-state index contributed by atoms with van der Waals surface area (Å²) in [5, 5.41) is 4.28. The fourth-order valence-corrected chi connectivity index (χ4v) is 4.48. The predicted octanol–water partition coefficient (Wildman–Crippen LogP) is 5.21. The lowest BCUT2D eigenvalue weighted by Crippen LogP contribution is -2.10. The lowest BCUT2D eigenvalue weighted by atomic mass is 10.0. The van der Waals surface area contributed by atoms with E-state index in [-0.39, 0.29) is 10.6 Å². The molecule has 0 aliphatic carbocycles. The van der Waals surface area contributed by atoms with Gasteiger partial charge >= 0.3 is 16.1 Å². The molecular formula is C22H13BrClNO5S. The Bertz CT molecular complexity index is 1320. The molecule has 1 aliphatic rings. The van der Waals surface area contributed by atoms with Crippen molar-refractivity contribution < 1.29 is 22.2 Å². The first-order valence-electron chi connectivity index (χ1n) is 8.90. The Morgan fingerprint density at radius 1 is 1.00 bits per heavy atom. The van der Waals surface area contributed by atoms with Gasteiger partial charge in [-0.15, -0.1) is 0 Å². The maximum absolute atomic E-state index is 12.5. The van der Waals surface area contributed by atoms with Crippen LogP contribution in [0.4, 0.5) is 0 Å². The van der Waals surface area contributed by atoms with Gasteiger partial charge in [-0.1, -0.05) is 53.2 Å². The Hall–Kier alpha value is -2.94. The van der Waals surface area contributed by atoms with Gasteiger partial charge in [-0.25, -0.2) is 4.79 Å². The molecule has 1 heterocycles. The Morgan fingerprint density at radius 2 is 1.71 bits per heavy atom. The molecule has 0 spiro atoms. The highest BCUT2D eigenvalue weighted by Crippen LogP contribution is 2.31. The van der Waals surface area contributed by atoms with Gasteiger partial charge in [0.15, 0.2) is 5.75 Å². The van der Waals surface area contributed by atoms with Gasteiger partial charge in [0, 0.05) is 10.6 Å². The molecule has 156 valence electrons. The molecule has 3 aromatic carbocycles. The molecule has 9 heteroatoms. The summed E-state index contributed by atoms with van der Waals surface area (Å²) in [6, 6.07) is 19.6. The fourth-order valence-electron chi connectivity index (χ4n) is 2.82. The Kier molecular flexibility index (Phi) is 5.95. The zero-order valence-electron chi connectivity index (χ0n) is 15.7. The largest absolute Gasteiger partial charge is 0.378 e. The molecule has 0 N–H and O–H groups in total. The summed E-state index contributed by atoms with van der Waals surface area (Å²) in [5.41, 5.74) is 2.08. The SMILES string of the molecule is O=C1ON=C(c2ccccc2)/C1=C/c1ccc(OS(=O)(=O)c2ccc(Cl)cc2)c(Br)c1. The summed E-state index contributed by atoms with van der Waals surface area (Å²) in [6.07, 6.45) is 1.61. The van der Waals surface area contributed by atoms with Crippen LogP contribution in [0.5, 0.6) is 5.75 Å². The van der Waals surface area contributed by atoms with Crippen molar-refractivity contribution in [2.24, 2.45) is 5.16 Å². The van der Waals surface area contributed by atoms with Gasteiger partial charge in [-0.3, -0.25) is 0 Å². The number of rotatable bonds is 5. The number of nitrogens with zero attached hydrogens (tertiary/aromatic N) is 1. The molecule has 0 radical (unpaired) electrons. The maximum atomic E-state index is 12.5. The predicted molar refractivity (Wildman–Crippen MR) is 120 cm³/mol. The van der Waals surface area contributed by atoms with Crippen molar-refractivity contribution in [3.63, 3.8) is 0 Å². The van der Waals surface area contributed by atoms with Crippen LogP contribution >= 0.6 is 27.5 Å². The number of oxime groups is 1. The first-order valence-corrected chi connectivity index (χ1v) is 11.5. The highest BCUT2D eigenvalue weighted by molar-refractivity contribution is 9.10. The quantitative estimate of drug-likeness (QED) is 0.263. The lowest BCUT2D eigenvalue weighted by molar-refractivity contribution is -0.136. The molecule has 0 saturated heterocycles. The highest BCUT2D eigenvalue weighted by atomic mass is 79.9. The molecule has 0 atom stereocenters. The Balaban J connectivity index is 1.61. The molecule has 0 bridgehead atoms. The van der Waals surface area contributed by atoms with E-state index in [0.29, 0.717) is 26.3 Å². The van der Waals surface area contributed by atoms with Crippen LogP contribution in [0.25, 0.3) is 6.08 Å². The summed E-state index contributed by atoms with van der Waals surface area (Å²) in [6.45, 7) is 0. The second-order valence-electron chi connectivity index (χ2n) is 6.42. The summed E-state index contributed by atoms with van der Waals surface area (Å²) < 4.78 is 30.6. The zero-order chi connectivity index (χ0) is 22.0. The van der Waals surface area contributed by atoms with Gasteiger partial charge in [-0.2, -0.15) is 8.42 Å². The maximum Gasteiger partial charge on any atom is 0.368 e. The van der Waals surface area contributed by atoms with Crippen molar-refractivity contribution >= 4 is 55.4 Å². The first-order chi connectivity index (χ1) is 14.8. The topological polar surface area (TPSA) is 82.0 Å². The monoisotopic (exact) mass is 517 g/mol. The summed E-state index contributed by atoms with van der Waals surface area (Å²) >= 11 is 9.13. The molecular weight excluding hydrogens is 506 g/mol. The molecule has 0 unspecified atom stereocenters. The number of benzene rings is 3. The van der Waals surface area contributed by atoms with E-state index >= 15 is 0 Å². The second kappa shape index (κ2) is 8.66. The molecule has 6 nitrogen and oxygen atoms in total. The minimum absolute atomic E-state index is 0.0209. The van der Waals surface area contributed by atoms with Crippen molar-refractivity contribution in [1.29, 1.82) is 0 Å². The average Bonchev–Trinajstić information content (AvgIpc) is 3.11. The van der Waals surface area contributed by atoms with Crippen LogP contribution in [0.15, 0.2) is 92.9 Å². The number of halogens is 2. The number of carbonyl (C=O) groups is 1. The van der Waals surface area contributed by atoms with Gasteiger partial charge in [0.2, 0.25) is 0 Å². The molecule has 0 aromatic heterocycles. The molecule has 31 heavy (non-hydrogen) atoms. The van der Waals surface area contributed by atoms with Crippen molar-refractivity contribution in [2.45, 2.75) is 4.90 Å². The third-order valence-corrected chi connectivity index (χ3v) is 6.43. The lowest BCUT2D eigenvalue weighted by Gasteiger charge is -2.09. The van der Waals surface area contributed by atoms with Crippen LogP contribution in [-0.4, -0.2) is 20.1 Å². The van der Waals surface area contributed by atoms with Crippen LogP contribution < -0.4 is 4.18 Å². The highest BCUT2D eigenvalue weighted by Gasteiger charge is 2.27. The summed E-state index contributed by atoms with van der Waals surface area (Å²) in [5.74, 6) is -0.469. The van der Waals surface area contributed by atoms with Crippen LogP contribution in [0, 0.1) is 0 Å².